The van der Waals surface area contributed by atoms with Gasteiger partial charge in [-0.25, -0.2) is 4.98 Å². The van der Waals surface area contributed by atoms with Crippen molar-refractivity contribution in [2.75, 3.05) is 18.4 Å². The first-order valence-corrected chi connectivity index (χ1v) is 12.9. The van der Waals surface area contributed by atoms with Crippen LogP contribution in [0.3, 0.4) is 0 Å². The Morgan fingerprint density at radius 3 is 2.42 bits per heavy atom. The predicted molar refractivity (Wildman–Crippen MR) is 158 cm³/mol. The summed E-state index contributed by atoms with van der Waals surface area (Å²) in [5.74, 6) is -0.976. The molecule has 1 unspecified atom stereocenters. The van der Waals surface area contributed by atoms with Crippen LogP contribution in [0.15, 0.2) is 85.1 Å². The van der Waals surface area contributed by atoms with Gasteiger partial charge in [0.2, 0.25) is 11.8 Å². The number of carbonyl (C=O) groups excluding carboxylic acids is 2. The van der Waals surface area contributed by atoms with Crippen molar-refractivity contribution in [3.8, 4) is 11.1 Å². The van der Waals surface area contributed by atoms with Gasteiger partial charge < -0.3 is 21.1 Å². The Labute approximate surface area is 255 Å². The van der Waals surface area contributed by atoms with Crippen LogP contribution in [0.4, 0.5) is 5.82 Å². The molecule has 1 radical (unpaired) electrons. The Bertz CT molecular complexity index is 1450. The first-order chi connectivity index (χ1) is 18.9. The molecule has 4 rings (SSSR count). The summed E-state index contributed by atoms with van der Waals surface area (Å²) in [6.07, 6.45) is 2.28. The fourth-order valence-electron chi connectivity index (χ4n) is 4.41. The van der Waals surface area contributed by atoms with Crippen LogP contribution in [-0.2, 0) is 14.4 Å². The molecule has 1 atom stereocenters. The number of carboxylic acid groups (broad SMARTS) is 1. The first-order valence-electron chi connectivity index (χ1n) is 12.9. The Hall–Kier alpha value is -3.72. The van der Waals surface area contributed by atoms with Crippen molar-refractivity contribution in [2.45, 2.75) is 32.2 Å². The number of carbonyl (C=O) groups is 3. The van der Waals surface area contributed by atoms with Gasteiger partial charge in [-0.3, -0.25) is 14.4 Å². The smallest absolute Gasteiger partial charge is 0.305 e. The molecule has 0 saturated heterocycles. The van der Waals surface area contributed by atoms with Crippen LogP contribution in [0.2, 0.25) is 0 Å². The van der Waals surface area contributed by atoms with Gasteiger partial charge in [0.05, 0.1) is 19.0 Å². The van der Waals surface area contributed by atoms with Crippen LogP contribution in [0.5, 0.6) is 0 Å². The number of benzene rings is 3. The minimum atomic E-state index is -1.03. The number of nitrogens with one attached hydrogen (secondary N) is 3. The molecule has 40 heavy (non-hydrogen) atoms. The number of fused-ring (bicyclic) bond motifs is 1. The number of aryl methyl sites for hydroxylation is 1. The molecule has 1 heterocycles. The van der Waals surface area contributed by atoms with Gasteiger partial charge in [0, 0.05) is 48.7 Å². The van der Waals surface area contributed by atoms with Crippen LogP contribution in [0.25, 0.3) is 21.9 Å². The quantitative estimate of drug-likeness (QED) is 0.153. The van der Waals surface area contributed by atoms with Crippen molar-refractivity contribution >= 4 is 63.9 Å². The largest absolute Gasteiger partial charge is 0.481 e. The van der Waals surface area contributed by atoms with Crippen LogP contribution < -0.4 is 16.0 Å². The van der Waals surface area contributed by atoms with Gasteiger partial charge in [0.25, 0.3) is 0 Å². The number of hydrogen-bond acceptors (Lipinski definition) is 5. The standard InChI is InChI=1S/C31H32N4O4.Na/c1-21-15-17-33-28(18-21)32-16-5-10-29(36)34-20-30(37)35-27(19-31(38)39)24-13-11-23(12-14-24)26-9-4-7-22-6-2-3-8-25(22)26;/h2-4,6-9,11-15,17-18,27H,5,10,16,19-20H2,1H3,(H,32,33)(H,34,36)(H,35,37)(H,38,39);. The number of aliphatic carboxylic acids is 1. The van der Waals surface area contributed by atoms with E-state index in [1.165, 1.54) is 0 Å². The van der Waals surface area contributed by atoms with Crippen molar-refractivity contribution in [2.24, 2.45) is 0 Å². The number of hydrogen-bond donors (Lipinski definition) is 4. The number of nitrogens with zero attached hydrogens (tertiary/aromatic N) is 1. The monoisotopic (exact) mass is 547 g/mol. The maximum atomic E-state index is 12.6. The number of carboxylic acids is 1. The molecule has 4 N–H and O–H groups in total. The molecule has 8 nitrogen and oxygen atoms in total. The third-order valence-corrected chi connectivity index (χ3v) is 6.38. The number of amides is 2. The molecule has 201 valence electrons. The van der Waals surface area contributed by atoms with Crippen LogP contribution in [0.1, 0.15) is 36.4 Å². The fraction of sp³-hybridized carbons (Fsp3) is 0.226. The summed E-state index contributed by atoms with van der Waals surface area (Å²) in [7, 11) is 0. The van der Waals surface area contributed by atoms with Crippen LogP contribution in [-0.4, -0.2) is 70.5 Å². The summed E-state index contributed by atoms with van der Waals surface area (Å²) >= 11 is 0. The Morgan fingerprint density at radius 1 is 0.925 bits per heavy atom. The van der Waals surface area contributed by atoms with Gasteiger partial charge in [-0.2, -0.15) is 0 Å². The molecule has 0 aliphatic heterocycles. The minimum Gasteiger partial charge on any atom is -0.481 e. The van der Waals surface area contributed by atoms with E-state index in [0.717, 1.165) is 33.3 Å². The van der Waals surface area contributed by atoms with Gasteiger partial charge in [0.15, 0.2) is 0 Å². The van der Waals surface area contributed by atoms with E-state index in [2.05, 4.69) is 39.1 Å². The molecule has 9 heteroatoms. The molecule has 0 spiro atoms. The number of pyridine rings is 1. The van der Waals surface area contributed by atoms with Crippen LogP contribution in [0, 0.1) is 6.92 Å². The summed E-state index contributed by atoms with van der Waals surface area (Å²) in [6, 6.07) is 24.9. The van der Waals surface area contributed by atoms with Crippen molar-refractivity contribution in [3.63, 3.8) is 0 Å². The number of anilines is 1. The molecule has 0 bridgehead atoms. The average molecular weight is 548 g/mol. The van der Waals surface area contributed by atoms with E-state index in [9.17, 15) is 19.5 Å². The third-order valence-electron chi connectivity index (χ3n) is 6.38. The predicted octanol–water partition coefficient (Wildman–Crippen LogP) is 4.47. The van der Waals surface area contributed by atoms with E-state index >= 15 is 0 Å². The topological polar surface area (TPSA) is 120 Å². The van der Waals surface area contributed by atoms with Gasteiger partial charge in [-0.15, -0.1) is 0 Å². The molecule has 2 amide bonds. The van der Waals surface area contributed by atoms with Gasteiger partial charge >= 0.3 is 5.97 Å². The van der Waals surface area contributed by atoms with Gasteiger partial charge in [0.1, 0.15) is 5.82 Å². The molecule has 0 fully saturated rings. The van der Waals surface area contributed by atoms with E-state index in [1.807, 2.05) is 67.6 Å². The third kappa shape index (κ3) is 8.91. The molecule has 1 aromatic heterocycles. The molecule has 4 aromatic rings. The van der Waals surface area contributed by atoms with Crippen molar-refractivity contribution < 1.29 is 19.5 Å². The zero-order valence-electron chi connectivity index (χ0n) is 22.8. The molecular weight excluding hydrogens is 515 g/mol. The minimum absolute atomic E-state index is 0. The second kappa shape index (κ2) is 15.2. The SMILES string of the molecule is Cc1ccnc(NCCCC(=O)NCC(=O)NC(CC(=O)O)c2ccc(-c3cccc4ccccc34)cc2)c1.[Na]. The fourth-order valence-corrected chi connectivity index (χ4v) is 4.41. The Kier molecular flexibility index (Phi) is 11.7. The Morgan fingerprint density at radius 2 is 1.68 bits per heavy atom. The van der Waals surface area contributed by atoms with E-state index < -0.39 is 17.9 Å². The van der Waals surface area contributed by atoms with E-state index in [-0.39, 0.29) is 54.9 Å². The van der Waals surface area contributed by atoms with Crippen molar-refractivity contribution in [1.29, 1.82) is 0 Å². The zero-order valence-corrected chi connectivity index (χ0v) is 24.8. The summed E-state index contributed by atoms with van der Waals surface area (Å²) in [5.41, 5.74) is 3.84. The van der Waals surface area contributed by atoms with Gasteiger partial charge in [-0.05, 0) is 58.5 Å². The maximum absolute atomic E-state index is 12.6. The molecule has 0 aliphatic rings. The summed E-state index contributed by atoms with van der Waals surface area (Å²) in [4.78, 5) is 40.5. The second-order valence-corrected chi connectivity index (χ2v) is 9.39. The zero-order chi connectivity index (χ0) is 27.6. The summed E-state index contributed by atoms with van der Waals surface area (Å²) in [6.45, 7) is 2.33. The normalized spacial score (nSPS) is 11.2. The van der Waals surface area contributed by atoms with Crippen LogP contribution >= 0.6 is 0 Å². The average Bonchev–Trinajstić information content (AvgIpc) is 2.93. The van der Waals surface area contributed by atoms with E-state index in [1.54, 1.807) is 6.20 Å². The molecule has 3 aromatic carbocycles. The summed E-state index contributed by atoms with van der Waals surface area (Å²) in [5, 5.41) is 20.2. The van der Waals surface area contributed by atoms with E-state index in [4.69, 9.17) is 0 Å². The maximum Gasteiger partial charge on any atom is 0.305 e. The molecular formula is C31H32N4NaO4. The summed E-state index contributed by atoms with van der Waals surface area (Å²) < 4.78 is 0. The van der Waals surface area contributed by atoms with Gasteiger partial charge in [-0.1, -0.05) is 66.7 Å². The van der Waals surface area contributed by atoms with Crippen molar-refractivity contribution in [3.05, 3.63) is 96.2 Å². The Balaban J connectivity index is 0.00000441. The van der Waals surface area contributed by atoms with E-state index in [0.29, 0.717) is 18.5 Å². The second-order valence-electron chi connectivity index (χ2n) is 9.39. The number of rotatable bonds is 12. The van der Waals surface area contributed by atoms with Crippen molar-refractivity contribution in [1.82, 2.24) is 15.6 Å². The number of aromatic nitrogens is 1. The molecule has 0 aliphatic carbocycles. The molecule has 0 saturated carbocycles. The first kappa shape index (κ1) is 30.8.